The van der Waals surface area contributed by atoms with Gasteiger partial charge in [0.25, 0.3) is 0 Å². The molecule has 0 saturated carbocycles. The van der Waals surface area contributed by atoms with Gasteiger partial charge in [-0.1, -0.05) is 85.0 Å². The Morgan fingerprint density at radius 3 is 1.17 bits per heavy atom. The molecule has 0 aliphatic heterocycles. The van der Waals surface area contributed by atoms with Crippen LogP contribution >= 0.6 is 0 Å². The van der Waals surface area contributed by atoms with Crippen molar-refractivity contribution in [2.45, 2.75) is 13.8 Å². The molecule has 0 atom stereocenters. The van der Waals surface area contributed by atoms with Gasteiger partial charge >= 0.3 is 0 Å². The maximum absolute atomic E-state index is 2.08. The van der Waals surface area contributed by atoms with Gasteiger partial charge in [0.15, 0.2) is 0 Å². The quantitative estimate of drug-likeness (QED) is 0.651. The Labute approximate surface area is 110 Å². The van der Waals surface area contributed by atoms with Crippen LogP contribution in [0.15, 0.2) is 72.8 Å². The summed E-state index contributed by atoms with van der Waals surface area (Å²) in [6.07, 6.45) is 8.24. The Kier molecular flexibility index (Phi) is 6.99. The van der Waals surface area contributed by atoms with Crippen LogP contribution in [0.2, 0.25) is 0 Å². The average Bonchev–Trinajstić information content (AvgIpc) is 2.43. The second-order valence-electron chi connectivity index (χ2n) is 3.82. The smallest absolute Gasteiger partial charge is 0.0260 e. The molecule has 0 unspecified atom stereocenters. The molecule has 0 fully saturated rings. The Hall–Kier alpha value is -2.08. The average molecular weight is 236 g/mol. The second kappa shape index (κ2) is 9.00. The molecule has 18 heavy (non-hydrogen) atoms. The highest BCUT2D eigenvalue weighted by Crippen LogP contribution is 2.00. The fraction of sp³-hybridized carbons (Fsp3) is 0.111. The SMILES string of the molecule is CC=Cc1ccccc1.CC=Cc1ccccc1. The van der Waals surface area contributed by atoms with Gasteiger partial charge in [-0.15, -0.1) is 0 Å². The van der Waals surface area contributed by atoms with Crippen LogP contribution in [-0.2, 0) is 0 Å². The summed E-state index contributed by atoms with van der Waals surface area (Å²) in [5.41, 5.74) is 2.53. The molecule has 92 valence electrons. The van der Waals surface area contributed by atoms with Crippen molar-refractivity contribution in [3.8, 4) is 0 Å². The van der Waals surface area contributed by atoms with E-state index >= 15 is 0 Å². The molecule has 0 heterocycles. The van der Waals surface area contributed by atoms with Crippen molar-refractivity contribution in [3.63, 3.8) is 0 Å². The van der Waals surface area contributed by atoms with Gasteiger partial charge in [0.2, 0.25) is 0 Å². The van der Waals surface area contributed by atoms with Gasteiger partial charge in [0.05, 0.1) is 0 Å². The molecule has 0 nitrogen and oxygen atoms in total. The van der Waals surface area contributed by atoms with Gasteiger partial charge < -0.3 is 0 Å². The molecule has 0 spiro atoms. The van der Waals surface area contributed by atoms with Crippen LogP contribution in [0.5, 0.6) is 0 Å². The van der Waals surface area contributed by atoms with Crippen molar-refractivity contribution in [2.24, 2.45) is 0 Å². The summed E-state index contributed by atoms with van der Waals surface area (Å²) >= 11 is 0. The van der Waals surface area contributed by atoms with Crippen molar-refractivity contribution in [1.82, 2.24) is 0 Å². The van der Waals surface area contributed by atoms with Crippen LogP contribution in [0.1, 0.15) is 25.0 Å². The summed E-state index contributed by atoms with van der Waals surface area (Å²) < 4.78 is 0. The van der Waals surface area contributed by atoms with Gasteiger partial charge in [0.1, 0.15) is 0 Å². The van der Waals surface area contributed by atoms with Crippen LogP contribution in [0.25, 0.3) is 12.2 Å². The molecule has 0 radical (unpaired) electrons. The summed E-state index contributed by atoms with van der Waals surface area (Å²) in [5.74, 6) is 0. The molecule has 0 aliphatic rings. The molecule has 0 saturated heterocycles. The molecule has 0 aromatic heterocycles. The van der Waals surface area contributed by atoms with Crippen LogP contribution < -0.4 is 0 Å². The molecule has 0 amide bonds. The molecule has 0 bridgehead atoms. The fourth-order valence-electron chi connectivity index (χ4n) is 1.51. The third-order valence-corrected chi connectivity index (χ3v) is 2.32. The number of benzene rings is 2. The molecule has 0 aliphatic carbocycles. The van der Waals surface area contributed by atoms with Crippen LogP contribution in [0.3, 0.4) is 0 Å². The summed E-state index contributed by atoms with van der Waals surface area (Å²) in [5, 5.41) is 0. The Morgan fingerprint density at radius 1 is 0.556 bits per heavy atom. The van der Waals surface area contributed by atoms with E-state index in [-0.39, 0.29) is 0 Å². The van der Waals surface area contributed by atoms with Gasteiger partial charge in [-0.05, 0) is 25.0 Å². The Morgan fingerprint density at radius 2 is 0.889 bits per heavy atom. The van der Waals surface area contributed by atoms with E-state index in [9.17, 15) is 0 Å². The first-order valence-corrected chi connectivity index (χ1v) is 6.22. The fourth-order valence-corrected chi connectivity index (χ4v) is 1.51. The lowest BCUT2D eigenvalue weighted by atomic mass is 10.2. The Balaban J connectivity index is 0.000000180. The number of hydrogen-bond acceptors (Lipinski definition) is 0. The van der Waals surface area contributed by atoms with Crippen molar-refractivity contribution in [3.05, 3.63) is 83.9 Å². The minimum atomic E-state index is 1.26. The summed E-state index contributed by atoms with van der Waals surface area (Å²) in [4.78, 5) is 0. The predicted molar refractivity (Wildman–Crippen MR) is 82.3 cm³/mol. The third kappa shape index (κ3) is 5.86. The highest BCUT2D eigenvalue weighted by atomic mass is 13.8. The lowest BCUT2D eigenvalue weighted by Gasteiger charge is -1.86. The van der Waals surface area contributed by atoms with Crippen molar-refractivity contribution >= 4 is 12.2 Å². The van der Waals surface area contributed by atoms with E-state index in [1.54, 1.807) is 0 Å². The van der Waals surface area contributed by atoms with E-state index in [0.717, 1.165) is 0 Å². The normalized spacial score (nSPS) is 10.3. The molecule has 2 rings (SSSR count). The number of rotatable bonds is 2. The summed E-state index contributed by atoms with van der Waals surface area (Å²) in [7, 11) is 0. The molecule has 0 N–H and O–H groups in total. The molecule has 0 heteroatoms. The maximum Gasteiger partial charge on any atom is -0.0260 e. The number of allylic oxidation sites excluding steroid dienone is 2. The first kappa shape index (κ1) is 14.0. The first-order chi connectivity index (χ1) is 8.86. The number of hydrogen-bond donors (Lipinski definition) is 0. The summed E-state index contributed by atoms with van der Waals surface area (Å²) in [6.45, 7) is 4.04. The molecule has 2 aromatic rings. The highest BCUT2D eigenvalue weighted by Gasteiger charge is 1.78. The topological polar surface area (TPSA) is 0 Å². The predicted octanol–water partition coefficient (Wildman–Crippen LogP) is 5.44. The zero-order valence-electron chi connectivity index (χ0n) is 11.1. The maximum atomic E-state index is 2.08. The van der Waals surface area contributed by atoms with E-state index in [1.807, 2.05) is 62.4 Å². The zero-order valence-corrected chi connectivity index (χ0v) is 11.1. The van der Waals surface area contributed by atoms with E-state index in [4.69, 9.17) is 0 Å². The Bertz CT molecular complexity index is 416. The standard InChI is InChI=1S/2C9H10/c2*1-2-6-9-7-4-3-5-8-9/h2*2-8H,1H3. The van der Waals surface area contributed by atoms with Gasteiger partial charge in [-0.25, -0.2) is 0 Å². The van der Waals surface area contributed by atoms with Crippen LogP contribution in [0, 0.1) is 0 Å². The second-order valence-corrected chi connectivity index (χ2v) is 3.82. The van der Waals surface area contributed by atoms with Crippen molar-refractivity contribution in [2.75, 3.05) is 0 Å². The molecule has 2 aromatic carbocycles. The minimum Gasteiger partial charge on any atom is -0.0871 e. The summed E-state index contributed by atoms with van der Waals surface area (Å²) in [6, 6.07) is 20.5. The van der Waals surface area contributed by atoms with Crippen LogP contribution in [0.4, 0.5) is 0 Å². The van der Waals surface area contributed by atoms with Gasteiger partial charge in [-0.3, -0.25) is 0 Å². The van der Waals surface area contributed by atoms with E-state index in [2.05, 4.69) is 36.4 Å². The highest BCUT2D eigenvalue weighted by molar-refractivity contribution is 5.48. The van der Waals surface area contributed by atoms with Gasteiger partial charge in [-0.2, -0.15) is 0 Å². The monoisotopic (exact) mass is 236 g/mol. The zero-order chi connectivity index (χ0) is 13.1. The van der Waals surface area contributed by atoms with Crippen molar-refractivity contribution in [1.29, 1.82) is 0 Å². The largest absolute Gasteiger partial charge is 0.0871 e. The molecular formula is C18H20. The lowest BCUT2D eigenvalue weighted by Crippen LogP contribution is -1.65. The molecular weight excluding hydrogens is 216 g/mol. The van der Waals surface area contributed by atoms with E-state index in [1.165, 1.54) is 11.1 Å². The van der Waals surface area contributed by atoms with Crippen molar-refractivity contribution < 1.29 is 0 Å². The first-order valence-electron chi connectivity index (χ1n) is 6.22. The van der Waals surface area contributed by atoms with Gasteiger partial charge in [0, 0.05) is 0 Å². The third-order valence-electron chi connectivity index (χ3n) is 2.32. The van der Waals surface area contributed by atoms with Crippen LogP contribution in [-0.4, -0.2) is 0 Å². The minimum absolute atomic E-state index is 1.26. The van der Waals surface area contributed by atoms with E-state index < -0.39 is 0 Å². The van der Waals surface area contributed by atoms with E-state index in [0.29, 0.717) is 0 Å². The lowest BCUT2D eigenvalue weighted by molar-refractivity contribution is 1.64.